The van der Waals surface area contributed by atoms with Gasteiger partial charge in [0.15, 0.2) is 0 Å². The van der Waals surface area contributed by atoms with Crippen molar-refractivity contribution in [2.24, 2.45) is 5.92 Å². The molecule has 1 N–H and O–H groups in total. The lowest BCUT2D eigenvalue weighted by Crippen LogP contribution is -2.38. The lowest BCUT2D eigenvalue weighted by atomic mass is 9.98. The zero-order valence-electron chi connectivity index (χ0n) is 9.12. The molecule has 0 aromatic carbocycles. The molecule has 80 valence electrons. The quantitative estimate of drug-likeness (QED) is 0.684. The SMILES string of the molecule is CC=CC(=O)NCC1CCCN(C)C1. The topological polar surface area (TPSA) is 32.3 Å². The van der Waals surface area contributed by atoms with E-state index in [4.69, 9.17) is 0 Å². The molecule has 3 heteroatoms. The number of nitrogens with one attached hydrogen (secondary N) is 1. The van der Waals surface area contributed by atoms with Gasteiger partial charge in [-0.05, 0) is 45.4 Å². The minimum Gasteiger partial charge on any atom is -0.352 e. The van der Waals surface area contributed by atoms with E-state index in [1.807, 2.05) is 6.92 Å². The Morgan fingerprint density at radius 2 is 2.43 bits per heavy atom. The van der Waals surface area contributed by atoms with Crippen LogP contribution in [0.15, 0.2) is 12.2 Å². The summed E-state index contributed by atoms with van der Waals surface area (Å²) in [5.41, 5.74) is 0. The fourth-order valence-electron chi connectivity index (χ4n) is 1.90. The van der Waals surface area contributed by atoms with Crippen molar-refractivity contribution in [2.45, 2.75) is 19.8 Å². The summed E-state index contributed by atoms with van der Waals surface area (Å²) < 4.78 is 0. The lowest BCUT2D eigenvalue weighted by molar-refractivity contribution is -0.116. The van der Waals surface area contributed by atoms with E-state index < -0.39 is 0 Å². The van der Waals surface area contributed by atoms with Gasteiger partial charge in [-0.15, -0.1) is 0 Å². The van der Waals surface area contributed by atoms with Crippen LogP contribution in [0.3, 0.4) is 0 Å². The first-order valence-corrected chi connectivity index (χ1v) is 5.31. The van der Waals surface area contributed by atoms with Crippen LogP contribution in [-0.2, 0) is 4.79 Å². The molecule has 1 aliphatic heterocycles. The Bertz CT molecular complexity index is 213. The van der Waals surface area contributed by atoms with Gasteiger partial charge < -0.3 is 10.2 Å². The third kappa shape index (κ3) is 3.92. The van der Waals surface area contributed by atoms with Crippen molar-refractivity contribution in [2.75, 3.05) is 26.7 Å². The molecule has 0 bridgehead atoms. The molecule has 0 spiro atoms. The van der Waals surface area contributed by atoms with E-state index in [1.165, 1.54) is 19.4 Å². The Hall–Kier alpha value is -0.830. The van der Waals surface area contributed by atoms with E-state index in [-0.39, 0.29) is 5.91 Å². The van der Waals surface area contributed by atoms with Gasteiger partial charge in [-0.3, -0.25) is 4.79 Å². The minimum atomic E-state index is 0.0285. The Morgan fingerprint density at radius 3 is 3.07 bits per heavy atom. The van der Waals surface area contributed by atoms with E-state index in [9.17, 15) is 4.79 Å². The molecule has 1 fully saturated rings. The molecule has 1 amide bonds. The first-order valence-electron chi connectivity index (χ1n) is 5.31. The second kappa shape index (κ2) is 5.81. The first-order chi connectivity index (χ1) is 6.72. The Balaban J connectivity index is 2.20. The van der Waals surface area contributed by atoms with Crippen molar-refractivity contribution >= 4 is 5.91 Å². The highest BCUT2D eigenvalue weighted by Crippen LogP contribution is 2.13. The van der Waals surface area contributed by atoms with Crippen molar-refractivity contribution in [1.82, 2.24) is 10.2 Å². The van der Waals surface area contributed by atoms with Gasteiger partial charge in [-0.25, -0.2) is 0 Å². The van der Waals surface area contributed by atoms with E-state index in [0.717, 1.165) is 13.1 Å². The molecule has 0 aliphatic carbocycles. The number of rotatable bonds is 3. The van der Waals surface area contributed by atoms with Crippen LogP contribution in [0.4, 0.5) is 0 Å². The molecule has 1 aliphatic rings. The largest absolute Gasteiger partial charge is 0.352 e. The van der Waals surface area contributed by atoms with Gasteiger partial charge in [0, 0.05) is 13.1 Å². The molecular weight excluding hydrogens is 176 g/mol. The van der Waals surface area contributed by atoms with Crippen molar-refractivity contribution in [3.05, 3.63) is 12.2 Å². The molecule has 1 atom stereocenters. The van der Waals surface area contributed by atoms with Crippen LogP contribution in [0.25, 0.3) is 0 Å². The fourth-order valence-corrected chi connectivity index (χ4v) is 1.90. The number of carbonyl (C=O) groups is 1. The first kappa shape index (κ1) is 11.2. The van der Waals surface area contributed by atoms with Crippen molar-refractivity contribution in [3.8, 4) is 0 Å². The highest BCUT2D eigenvalue weighted by atomic mass is 16.1. The van der Waals surface area contributed by atoms with Gasteiger partial charge in [0.05, 0.1) is 0 Å². The van der Waals surface area contributed by atoms with Gasteiger partial charge in [0.1, 0.15) is 0 Å². The highest BCUT2D eigenvalue weighted by molar-refractivity contribution is 5.87. The zero-order chi connectivity index (χ0) is 10.4. The highest BCUT2D eigenvalue weighted by Gasteiger charge is 2.16. The van der Waals surface area contributed by atoms with E-state index >= 15 is 0 Å². The van der Waals surface area contributed by atoms with Gasteiger partial charge in [0.25, 0.3) is 0 Å². The molecule has 1 unspecified atom stereocenters. The second-order valence-corrected chi connectivity index (χ2v) is 4.02. The molecular formula is C11H20N2O. The van der Waals surface area contributed by atoms with Gasteiger partial charge in [-0.2, -0.15) is 0 Å². The van der Waals surface area contributed by atoms with Gasteiger partial charge in [-0.1, -0.05) is 6.08 Å². The normalized spacial score (nSPS) is 24.0. The Morgan fingerprint density at radius 1 is 1.64 bits per heavy atom. The summed E-state index contributed by atoms with van der Waals surface area (Å²) in [4.78, 5) is 13.5. The maximum absolute atomic E-state index is 11.2. The third-order valence-corrected chi connectivity index (χ3v) is 2.61. The Kier molecular flexibility index (Phi) is 4.66. The molecule has 0 aromatic rings. The number of allylic oxidation sites excluding steroid dienone is 1. The summed E-state index contributed by atoms with van der Waals surface area (Å²) >= 11 is 0. The molecule has 1 saturated heterocycles. The number of likely N-dealkylation sites (tertiary alicyclic amines) is 1. The summed E-state index contributed by atoms with van der Waals surface area (Å²) in [7, 11) is 2.14. The van der Waals surface area contributed by atoms with E-state index in [2.05, 4.69) is 17.3 Å². The van der Waals surface area contributed by atoms with Crippen LogP contribution in [-0.4, -0.2) is 37.5 Å². The molecule has 0 radical (unpaired) electrons. The molecule has 0 saturated carbocycles. The number of amides is 1. The average molecular weight is 196 g/mol. The van der Waals surface area contributed by atoms with Crippen LogP contribution in [0, 0.1) is 5.92 Å². The van der Waals surface area contributed by atoms with Crippen LogP contribution in [0.2, 0.25) is 0 Å². The predicted molar refractivity (Wildman–Crippen MR) is 58.0 cm³/mol. The molecule has 14 heavy (non-hydrogen) atoms. The Labute approximate surface area is 86.2 Å². The smallest absolute Gasteiger partial charge is 0.243 e. The van der Waals surface area contributed by atoms with E-state index in [0.29, 0.717) is 5.92 Å². The van der Waals surface area contributed by atoms with Crippen LogP contribution in [0.5, 0.6) is 0 Å². The summed E-state index contributed by atoms with van der Waals surface area (Å²) in [6, 6.07) is 0. The number of piperidine rings is 1. The van der Waals surface area contributed by atoms with Crippen molar-refractivity contribution in [1.29, 1.82) is 0 Å². The van der Waals surface area contributed by atoms with Crippen molar-refractivity contribution in [3.63, 3.8) is 0 Å². The fraction of sp³-hybridized carbons (Fsp3) is 0.727. The second-order valence-electron chi connectivity index (χ2n) is 4.02. The molecule has 1 heterocycles. The van der Waals surface area contributed by atoms with Crippen molar-refractivity contribution < 1.29 is 4.79 Å². The van der Waals surface area contributed by atoms with Gasteiger partial charge in [0.2, 0.25) is 5.91 Å². The van der Waals surface area contributed by atoms with Gasteiger partial charge >= 0.3 is 0 Å². The lowest BCUT2D eigenvalue weighted by Gasteiger charge is -2.29. The standard InChI is InChI=1S/C11H20N2O/c1-3-5-11(14)12-8-10-6-4-7-13(2)9-10/h3,5,10H,4,6-9H2,1-2H3,(H,12,14). The number of nitrogens with zero attached hydrogens (tertiary/aromatic N) is 1. The monoisotopic (exact) mass is 196 g/mol. The summed E-state index contributed by atoms with van der Waals surface area (Å²) in [6.45, 7) is 4.97. The summed E-state index contributed by atoms with van der Waals surface area (Å²) in [6.07, 6.45) is 5.83. The summed E-state index contributed by atoms with van der Waals surface area (Å²) in [5.74, 6) is 0.656. The maximum atomic E-state index is 11.2. The average Bonchev–Trinajstić information content (AvgIpc) is 2.15. The minimum absolute atomic E-state index is 0.0285. The molecule has 1 rings (SSSR count). The molecule has 3 nitrogen and oxygen atoms in total. The zero-order valence-corrected chi connectivity index (χ0v) is 9.12. The molecule has 0 aromatic heterocycles. The van der Waals surface area contributed by atoms with Crippen LogP contribution < -0.4 is 5.32 Å². The van der Waals surface area contributed by atoms with Crippen LogP contribution >= 0.6 is 0 Å². The number of carbonyl (C=O) groups excluding carboxylic acids is 1. The van der Waals surface area contributed by atoms with E-state index in [1.54, 1.807) is 12.2 Å². The maximum Gasteiger partial charge on any atom is 0.243 e. The third-order valence-electron chi connectivity index (χ3n) is 2.61. The number of hydrogen-bond acceptors (Lipinski definition) is 2. The number of hydrogen-bond donors (Lipinski definition) is 1. The van der Waals surface area contributed by atoms with Crippen LogP contribution in [0.1, 0.15) is 19.8 Å². The summed E-state index contributed by atoms with van der Waals surface area (Å²) in [5, 5.41) is 2.92. The predicted octanol–water partition coefficient (Wildman–Crippen LogP) is 1.02.